The van der Waals surface area contributed by atoms with Gasteiger partial charge in [0.15, 0.2) is 5.79 Å². The Morgan fingerprint density at radius 1 is 1.26 bits per heavy atom. The molecule has 1 aromatic carbocycles. The van der Waals surface area contributed by atoms with E-state index in [1.165, 1.54) is 19.3 Å². The summed E-state index contributed by atoms with van der Waals surface area (Å²) in [6.45, 7) is 3.93. The third kappa shape index (κ3) is 2.55. The molecule has 0 bridgehead atoms. The van der Waals surface area contributed by atoms with Gasteiger partial charge in [0.2, 0.25) is 0 Å². The van der Waals surface area contributed by atoms with Gasteiger partial charge in [0.1, 0.15) is 6.10 Å². The summed E-state index contributed by atoms with van der Waals surface area (Å²) in [4.78, 5) is 0. The van der Waals surface area contributed by atoms with E-state index in [0.717, 1.165) is 18.5 Å². The summed E-state index contributed by atoms with van der Waals surface area (Å²) in [6, 6.07) is 10.8. The molecule has 19 heavy (non-hydrogen) atoms. The second-order valence-electron chi connectivity index (χ2n) is 5.50. The lowest BCUT2D eigenvalue weighted by atomic mass is 10.00. The van der Waals surface area contributed by atoms with E-state index in [-0.39, 0.29) is 6.10 Å². The summed E-state index contributed by atoms with van der Waals surface area (Å²) in [5, 5.41) is 3.57. The second-order valence-corrected chi connectivity index (χ2v) is 5.50. The van der Waals surface area contributed by atoms with Gasteiger partial charge in [-0.1, -0.05) is 43.7 Å². The molecule has 1 aromatic rings. The van der Waals surface area contributed by atoms with E-state index in [2.05, 4.69) is 24.4 Å². The van der Waals surface area contributed by atoms with E-state index in [1.54, 1.807) is 0 Å². The number of piperidine rings is 1. The Hall–Kier alpha value is -0.900. The topological polar surface area (TPSA) is 30.5 Å². The summed E-state index contributed by atoms with van der Waals surface area (Å²) in [5.41, 5.74) is 1.14. The van der Waals surface area contributed by atoms with Gasteiger partial charge in [0.05, 0.1) is 6.61 Å². The lowest BCUT2D eigenvalue weighted by molar-refractivity contribution is -0.182. The van der Waals surface area contributed by atoms with Crippen molar-refractivity contribution in [3.8, 4) is 0 Å². The van der Waals surface area contributed by atoms with Crippen LogP contribution in [0, 0.1) is 0 Å². The van der Waals surface area contributed by atoms with Crippen molar-refractivity contribution >= 4 is 0 Å². The highest BCUT2D eigenvalue weighted by molar-refractivity contribution is 5.21. The fourth-order valence-electron chi connectivity index (χ4n) is 3.16. The van der Waals surface area contributed by atoms with Gasteiger partial charge in [-0.3, -0.25) is 0 Å². The molecule has 0 aliphatic carbocycles. The number of ether oxygens (including phenoxy) is 2. The molecule has 0 amide bonds. The number of hydrogen-bond donors (Lipinski definition) is 1. The van der Waals surface area contributed by atoms with Crippen molar-refractivity contribution in [3.63, 3.8) is 0 Å². The Balaban J connectivity index is 1.75. The first-order chi connectivity index (χ1) is 9.34. The Bertz CT molecular complexity index is 402. The van der Waals surface area contributed by atoms with Gasteiger partial charge in [0.25, 0.3) is 0 Å². The van der Waals surface area contributed by atoms with Crippen molar-refractivity contribution in [2.75, 3.05) is 13.2 Å². The van der Waals surface area contributed by atoms with Crippen LogP contribution < -0.4 is 5.32 Å². The van der Waals surface area contributed by atoms with E-state index >= 15 is 0 Å². The van der Waals surface area contributed by atoms with Crippen molar-refractivity contribution in [3.05, 3.63) is 35.9 Å². The molecule has 0 unspecified atom stereocenters. The maximum atomic E-state index is 6.34. The summed E-state index contributed by atoms with van der Waals surface area (Å²) in [7, 11) is 0. The van der Waals surface area contributed by atoms with Gasteiger partial charge in [-0.25, -0.2) is 0 Å². The third-order valence-corrected chi connectivity index (χ3v) is 4.30. The zero-order valence-electron chi connectivity index (χ0n) is 11.6. The van der Waals surface area contributed by atoms with Crippen molar-refractivity contribution in [2.45, 2.75) is 50.5 Å². The first-order valence-electron chi connectivity index (χ1n) is 7.45. The molecule has 2 fully saturated rings. The molecular formula is C16H23NO2. The van der Waals surface area contributed by atoms with Crippen LogP contribution in [0.15, 0.2) is 30.3 Å². The highest BCUT2D eigenvalue weighted by Gasteiger charge is 2.44. The normalized spacial score (nSPS) is 35.4. The molecule has 3 atom stereocenters. The zero-order chi connectivity index (χ0) is 13.1. The first kappa shape index (κ1) is 13.1. The molecule has 0 saturated carbocycles. The quantitative estimate of drug-likeness (QED) is 0.907. The Labute approximate surface area is 115 Å². The highest BCUT2D eigenvalue weighted by Crippen LogP contribution is 2.38. The zero-order valence-corrected chi connectivity index (χ0v) is 11.6. The van der Waals surface area contributed by atoms with Crippen LogP contribution in [0.4, 0.5) is 0 Å². The predicted molar refractivity (Wildman–Crippen MR) is 74.9 cm³/mol. The van der Waals surface area contributed by atoms with Gasteiger partial charge in [-0.05, 0) is 19.4 Å². The molecule has 2 heterocycles. The van der Waals surface area contributed by atoms with Crippen LogP contribution in [-0.4, -0.2) is 25.3 Å². The van der Waals surface area contributed by atoms with E-state index in [4.69, 9.17) is 9.47 Å². The maximum absolute atomic E-state index is 6.34. The molecule has 3 heteroatoms. The van der Waals surface area contributed by atoms with Crippen molar-refractivity contribution in [1.29, 1.82) is 0 Å². The van der Waals surface area contributed by atoms with Crippen molar-refractivity contribution in [2.24, 2.45) is 0 Å². The average Bonchev–Trinajstić information content (AvgIpc) is 2.95. The van der Waals surface area contributed by atoms with Crippen LogP contribution in [0.25, 0.3) is 0 Å². The summed E-state index contributed by atoms with van der Waals surface area (Å²) >= 11 is 0. The second kappa shape index (κ2) is 5.61. The molecular weight excluding hydrogens is 238 g/mol. The summed E-state index contributed by atoms with van der Waals surface area (Å²) in [5.74, 6) is -0.537. The number of hydrogen-bond acceptors (Lipinski definition) is 3. The van der Waals surface area contributed by atoms with Crippen LogP contribution in [-0.2, 0) is 15.3 Å². The SMILES string of the molecule is CC[C@]1(c2ccccc2)OC[C@@H]([C@H]2CCCCN2)O1. The minimum Gasteiger partial charge on any atom is -0.343 e. The van der Waals surface area contributed by atoms with Crippen molar-refractivity contribution in [1.82, 2.24) is 5.32 Å². The monoisotopic (exact) mass is 261 g/mol. The summed E-state index contributed by atoms with van der Waals surface area (Å²) < 4.78 is 12.4. The molecule has 1 N–H and O–H groups in total. The minimum atomic E-state index is -0.537. The molecule has 104 valence electrons. The van der Waals surface area contributed by atoms with E-state index in [0.29, 0.717) is 12.6 Å². The Kier molecular flexibility index (Phi) is 3.87. The van der Waals surface area contributed by atoms with Gasteiger partial charge < -0.3 is 14.8 Å². The van der Waals surface area contributed by atoms with Gasteiger partial charge in [-0.15, -0.1) is 0 Å². The van der Waals surface area contributed by atoms with E-state index in [9.17, 15) is 0 Å². The smallest absolute Gasteiger partial charge is 0.195 e. The number of benzene rings is 1. The van der Waals surface area contributed by atoms with Crippen LogP contribution in [0.3, 0.4) is 0 Å². The van der Waals surface area contributed by atoms with Crippen LogP contribution in [0.5, 0.6) is 0 Å². The molecule has 0 spiro atoms. The minimum absolute atomic E-state index is 0.181. The molecule has 2 aliphatic heterocycles. The first-order valence-corrected chi connectivity index (χ1v) is 7.45. The number of rotatable bonds is 3. The lowest BCUT2D eigenvalue weighted by Crippen LogP contribution is -2.45. The Morgan fingerprint density at radius 3 is 2.79 bits per heavy atom. The average molecular weight is 261 g/mol. The van der Waals surface area contributed by atoms with Crippen LogP contribution >= 0.6 is 0 Å². The highest BCUT2D eigenvalue weighted by atomic mass is 16.7. The van der Waals surface area contributed by atoms with E-state index in [1.807, 2.05) is 18.2 Å². The molecule has 3 nitrogen and oxygen atoms in total. The fourth-order valence-corrected chi connectivity index (χ4v) is 3.16. The third-order valence-electron chi connectivity index (χ3n) is 4.30. The number of nitrogens with one attached hydrogen (secondary N) is 1. The predicted octanol–water partition coefficient (Wildman–Crippen LogP) is 2.81. The molecule has 2 saturated heterocycles. The molecule has 3 rings (SSSR count). The molecule has 0 radical (unpaired) electrons. The largest absolute Gasteiger partial charge is 0.343 e. The summed E-state index contributed by atoms with van der Waals surface area (Å²) in [6.07, 6.45) is 4.80. The fraction of sp³-hybridized carbons (Fsp3) is 0.625. The maximum Gasteiger partial charge on any atom is 0.195 e. The van der Waals surface area contributed by atoms with Crippen LogP contribution in [0.1, 0.15) is 38.2 Å². The standard InChI is InChI=1S/C16H23NO2/c1-2-16(13-8-4-3-5-9-13)18-12-15(19-16)14-10-6-7-11-17-14/h3-5,8-9,14-15,17H,2,6-7,10-12H2,1H3/t14-,15+,16+/m1/s1. The van der Waals surface area contributed by atoms with Crippen LogP contribution in [0.2, 0.25) is 0 Å². The van der Waals surface area contributed by atoms with Gasteiger partial charge in [-0.2, -0.15) is 0 Å². The lowest BCUT2D eigenvalue weighted by Gasteiger charge is -2.31. The molecule has 0 aromatic heterocycles. The van der Waals surface area contributed by atoms with Gasteiger partial charge in [0, 0.05) is 18.0 Å². The molecule has 2 aliphatic rings. The van der Waals surface area contributed by atoms with Crippen molar-refractivity contribution < 1.29 is 9.47 Å². The van der Waals surface area contributed by atoms with E-state index < -0.39 is 5.79 Å². The van der Waals surface area contributed by atoms with Gasteiger partial charge >= 0.3 is 0 Å². The Morgan fingerprint density at radius 2 is 2.11 bits per heavy atom.